The minimum atomic E-state index is -2.83. The normalized spacial score (nSPS) is 13.7. The summed E-state index contributed by atoms with van der Waals surface area (Å²) in [6.07, 6.45) is 0. The Bertz CT molecular complexity index is 3160. The molecular formula is C54H37NO2Si2. The summed E-state index contributed by atoms with van der Waals surface area (Å²) in [5, 5.41) is 10.8. The van der Waals surface area contributed by atoms with Gasteiger partial charge in [0.15, 0.2) is 8.07 Å². The second kappa shape index (κ2) is 13.5. The molecule has 59 heavy (non-hydrogen) atoms. The van der Waals surface area contributed by atoms with Crippen molar-refractivity contribution in [1.29, 1.82) is 0 Å². The lowest BCUT2D eigenvalue weighted by molar-refractivity contribution is 0.487. The summed E-state index contributed by atoms with van der Waals surface area (Å²) in [4.78, 5) is 2.52. The van der Waals surface area contributed by atoms with Gasteiger partial charge < -0.3 is 14.1 Å². The van der Waals surface area contributed by atoms with Gasteiger partial charge >= 0.3 is 0 Å². The highest BCUT2D eigenvalue weighted by molar-refractivity contribution is 7.24. The standard InChI is InChI=1S/C54H37NO2Si2/c1-2-14-36(15-3-1)37-28-30-38(31-29-37)39-32-34-40(35-33-39)55(42-17-12-22-47-53(42)41-16-4-5-19-44(41)56-47)43-18-13-27-52-54(43)58-48-23-8-11-26-51(48)59(52)49-24-9-6-20-45(49)57-46-21-7-10-25-50(46)59/h1-35H,58H2. The van der Waals surface area contributed by atoms with Crippen LogP contribution in [-0.4, -0.2) is 17.6 Å². The van der Waals surface area contributed by atoms with Gasteiger partial charge in [-0.3, -0.25) is 0 Å². The second-order valence-electron chi connectivity index (χ2n) is 15.6. The number of fused-ring (bicyclic) bond motifs is 11. The molecule has 278 valence electrons. The van der Waals surface area contributed by atoms with Crippen molar-refractivity contribution in [2.45, 2.75) is 0 Å². The van der Waals surface area contributed by atoms with Crippen LogP contribution in [0.4, 0.5) is 17.1 Å². The Morgan fingerprint density at radius 2 is 0.915 bits per heavy atom. The quantitative estimate of drug-likeness (QED) is 0.163. The minimum Gasteiger partial charge on any atom is -0.458 e. The number of anilines is 3. The highest BCUT2D eigenvalue weighted by atomic mass is 28.3. The lowest BCUT2D eigenvalue weighted by atomic mass is 10.00. The van der Waals surface area contributed by atoms with E-state index in [9.17, 15) is 0 Å². The van der Waals surface area contributed by atoms with Gasteiger partial charge in [0.1, 0.15) is 22.7 Å². The molecule has 0 atom stereocenters. The zero-order valence-corrected chi connectivity index (χ0v) is 34.6. The van der Waals surface area contributed by atoms with Crippen molar-refractivity contribution in [2.75, 3.05) is 4.90 Å². The predicted octanol–water partition coefficient (Wildman–Crippen LogP) is 9.31. The first-order chi connectivity index (χ1) is 29.3. The molecule has 3 heterocycles. The van der Waals surface area contributed by atoms with E-state index in [1.54, 1.807) is 0 Å². The average molecular weight is 788 g/mol. The number of rotatable bonds is 5. The number of para-hydroxylation sites is 3. The molecule has 0 radical (unpaired) electrons. The van der Waals surface area contributed by atoms with Crippen molar-refractivity contribution in [3.05, 3.63) is 212 Å². The number of hydrogen-bond donors (Lipinski definition) is 0. The number of ether oxygens (including phenoxy) is 1. The smallest absolute Gasteiger partial charge is 0.188 e. The zero-order chi connectivity index (χ0) is 38.9. The molecule has 10 aromatic rings. The van der Waals surface area contributed by atoms with Crippen LogP contribution in [0.25, 0.3) is 44.2 Å². The fourth-order valence-electron chi connectivity index (χ4n) is 9.91. The lowest BCUT2D eigenvalue weighted by Crippen LogP contribution is -2.84. The van der Waals surface area contributed by atoms with E-state index >= 15 is 0 Å². The summed E-state index contributed by atoms with van der Waals surface area (Å²) < 4.78 is 13.3. The molecule has 12 rings (SSSR count). The fourth-order valence-corrected chi connectivity index (χ4v) is 19.0. The summed E-state index contributed by atoms with van der Waals surface area (Å²) >= 11 is 0. The van der Waals surface area contributed by atoms with Crippen LogP contribution in [0, 0.1) is 0 Å². The van der Waals surface area contributed by atoms with Crippen LogP contribution in [-0.2, 0) is 0 Å². The Hall–Kier alpha value is -7.19. The van der Waals surface area contributed by atoms with Crippen LogP contribution in [0.5, 0.6) is 11.5 Å². The topological polar surface area (TPSA) is 25.6 Å². The van der Waals surface area contributed by atoms with Crippen molar-refractivity contribution in [3.8, 4) is 33.8 Å². The van der Waals surface area contributed by atoms with Gasteiger partial charge in [-0.15, -0.1) is 0 Å². The van der Waals surface area contributed by atoms with Crippen molar-refractivity contribution in [2.24, 2.45) is 0 Å². The lowest BCUT2D eigenvalue weighted by Gasteiger charge is -2.45. The molecule has 2 aliphatic rings. The SMILES string of the molecule is c1ccc(-c2ccc(-c3ccc(N(c4cccc5c4[SiH2]c4ccccc4[Si]54c5ccccc5Oc5ccccc54)c4cccc5oc6ccccc6c45)cc3)cc2)cc1. The molecule has 0 unspecified atom stereocenters. The van der Waals surface area contributed by atoms with Gasteiger partial charge in [-0.25, -0.2) is 0 Å². The molecule has 0 saturated heterocycles. The average Bonchev–Trinajstić information content (AvgIpc) is 3.69. The van der Waals surface area contributed by atoms with Gasteiger partial charge in [-0.1, -0.05) is 169 Å². The molecule has 0 amide bonds. The third-order valence-electron chi connectivity index (χ3n) is 12.5. The number of nitrogens with zero attached hydrogens (tertiary/aromatic N) is 1. The maximum absolute atomic E-state index is 6.73. The summed E-state index contributed by atoms with van der Waals surface area (Å²) in [6.45, 7) is 0. The number of furan rings is 1. The maximum Gasteiger partial charge on any atom is 0.188 e. The van der Waals surface area contributed by atoms with E-state index in [0.29, 0.717) is 0 Å². The van der Waals surface area contributed by atoms with Gasteiger partial charge in [-0.2, -0.15) is 0 Å². The zero-order valence-electron chi connectivity index (χ0n) is 32.2. The van der Waals surface area contributed by atoms with E-state index in [0.717, 1.165) is 44.8 Å². The van der Waals surface area contributed by atoms with Crippen LogP contribution < -0.4 is 40.8 Å². The Morgan fingerprint density at radius 1 is 0.390 bits per heavy atom. The molecule has 1 aromatic heterocycles. The fraction of sp³-hybridized carbons (Fsp3) is 0. The van der Waals surface area contributed by atoms with E-state index < -0.39 is 17.6 Å². The van der Waals surface area contributed by atoms with Gasteiger partial charge in [-0.05, 0) is 96.7 Å². The van der Waals surface area contributed by atoms with E-state index in [2.05, 4.69) is 217 Å². The summed E-state index contributed by atoms with van der Waals surface area (Å²) in [5.74, 6) is 1.93. The maximum atomic E-state index is 6.73. The van der Waals surface area contributed by atoms with Crippen LogP contribution in [0.3, 0.4) is 0 Å². The Balaban J connectivity index is 1.10. The van der Waals surface area contributed by atoms with Crippen molar-refractivity contribution in [1.82, 2.24) is 0 Å². The molecule has 2 aliphatic heterocycles. The first kappa shape index (κ1) is 33.9. The van der Waals surface area contributed by atoms with Crippen molar-refractivity contribution < 1.29 is 9.15 Å². The molecule has 5 heteroatoms. The third-order valence-corrected chi connectivity index (χ3v) is 20.3. The number of hydrogen-bond acceptors (Lipinski definition) is 3. The molecular weight excluding hydrogens is 751 g/mol. The van der Waals surface area contributed by atoms with E-state index in [4.69, 9.17) is 9.15 Å². The highest BCUT2D eigenvalue weighted by Crippen LogP contribution is 2.43. The molecule has 3 nitrogen and oxygen atoms in total. The highest BCUT2D eigenvalue weighted by Gasteiger charge is 2.52. The van der Waals surface area contributed by atoms with Crippen LogP contribution >= 0.6 is 0 Å². The first-order valence-electron chi connectivity index (χ1n) is 20.3. The Kier molecular flexibility index (Phi) is 7.73. The molecule has 0 fully saturated rings. The second-order valence-corrected chi connectivity index (χ2v) is 21.0. The molecule has 1 spiro atoms. The molecule has 9 aromatic carbocycles. The largest absolute Gasteiger partial charge is 0.458 e. The predicted molar refractivity (Wildman–Crippen MR) is 251 cm³/mol. The van der Waals surface area contributed by atoms with Gasteiger partial charge in [0.25, 0.3) is 0 Å². The summed E-state index contributed by atoms with van der Waals surface area (Å²) in [5.41, 5.74) is 10.0. The van der Waals surface area contributed by atoms with Crippen LogP contribution in [0.2, 0.25) is 0 Å². The van der Waals surface area contributed by atoms with Crippen LogP contribution in [0.1, 0.15) is 0 Å². The van der Waals surface area contributed by atoms with Gasteiger partial charge in [0.2, 0.25) is 0 Å². The molecule has 0 bridgehead atoms. The van der Waals surface area contributed by atoms with Crippen molar-refractivity contribution >= 4 is 87.7 Å². The molecule has 0 N–H and O–H groups in total. The minimum absolute atomic E-state index is 0.884. The third kappa shape index (κ3) is 5.18. The molecule has 0 saturated carbocycles. The van der Waals surface area contributed by atoms with E-state index in [1.165, 1.54) is 59.1 Å². The number of benzene rings is 9. The molecule has 0 aliphatic carbocycles. The summed E-state index contributed by atoms with van der Waals surface area (Å²) in [6, 6.07) is 77.5. The first-order valence-corrected chi connectivity index (χ1v) is 23.7. The van der Waals surface area contributed by atoms with Gasteiger partial charge in [0, 0.05) is 16.8 Å². The summed E-state index contributed by atoms with van der Waals surface area (Å²) in [7, 11) is -3.81. The van der Waals surface area contributed by atoms with E-state index in [1.807, 2.05) is 0 Å². The van der Waals surface area contributed by atoms with Gasteiger partial charge in [0.05, 0.1) is 20.6 Å². The Labute approximate surface area is 346 Å². The van der Waals surface area contributed by atoms with Crippen molar-refractivity contribution in [3.63, 3.8) is 0 Å². The van der Waals surface area contributed by atoms with E-state index in [-0.39, 0.29) is 0 Å². The Morgan fingerprint density at radius 3 is 1.64 bits per heavy atom. The van der Waals surface area contributed by atoms with Crippen LogP contribution in [0.15, 0.2) is 217 Å². The monoisotopic (exact) mass is 787 g/mol.